The zero-order valence-corrected chi connectivity index (χ0v) is 11.2. The minimum atomic E-state index is -0.307. The number of esters is 1. The van der Waals surface area contributed by atoms with Crippen LogP contribution in [0.3, 0.4) is 0 Å². The van der Waals surface area contributed by atoms with Gasteiger partial charge in [-0.2, -0.15) is 9.78 Å². The molecule has 0 aliphatic rings. The lowest BCUT2D eigenvalue weighted by atomic mass is 10.2. The van der Waals surface area contributed by atoms with Gasteiger partial charge in [-0.25, -0.2) is 0 Å². The molecular formula is C11H16N2O3S. The lowest BCUT2D eigenvalue weighted by Crippen LogP contribution is -2.18. The van der Waals surface area contributed by atoms with Crippen LogP contribution in [0.15, 0.2) is 6.07 Å². The standard InChI is InChI=1S/C11H16N2O3S/c1-7(10(14)16-4)6-17-11(15)13-9(3)5-8(2)12-13/h5,7H,6H2,1-4H3. The first-order valence-corrected chi connectivity index (χ1v) is 6.22. The number of rotatable bonds is 3. The van der Waals surface area contributed by atoms with Crippen LogP contribution in [0.4, 0.5) is 4.79 Å². The number of hydrogen-bond donors (Lipinski definition) is 0. The Morgan fingerprint density at radius 1 is 1.53 bits per heavy atom. The third kappa shape index (κ3) is 3.59. The number of aromatic nitrogens is 2. The Morgan fingerprint density at radius 3 is 2.65 bits per heavy atom. The van der Waals surface area contributed by atoms with Gasteiger partial charge in [0.15, 0.2) is 0 Å². The van der Waals surface area contributed by atoms with E-state index in [-0.39, 0.29) is 17.1 Å². The van der Waals surface area contributed by atoms with Crippen LogP contribution in [-0.4, -0.2) is 33.9 Å². The molecule has 1 unspecified atom stereocenters. The van der Waals surface area contributed by atoms with Gasteiger partial charge in [-0.15, -0.1) is 0 Å². The third-order valence-corrected chi connectivity index (χ3v) is 3.33. The number of thioether (sulfide) groups is 1. The van der Waals surface area contributed by atoms with E-state index in [0.29, 0.717) is 5.75 Å². The maximum absolute atomic E-state index is 11.8. The maximum atomic E-state index is 11.8. The molecule has 17 heavy (non-hydrogen) atoms. The van der Waals surface area contributed by atoms with Gasteiger partial charge >= 0.3 is 11.2 Å². The quantitative estimate of drug-likeness (QED) is 0.774. The van der Waals surface area contributed by atoms with Crippen LogP contribution in [0.1, 0.15) is 18.3 Å². The van der Waals surface area contributed by atoms with Crippen LogP contribution in [0.5, 0.6) is 0 Å². The molecule has 0 aliphatic carbocycles. The van der Waals surface area contributed by atoms with Crippen LogP contribution in [0, 0.1) is 19.8 Å². The fourth-order valence-electron chi connectivity index (χ4n) is 1.34. The van der Waals surface area contributed by atoms with Gasteiger partial charge in [-0.05, 0) is 19.9 Å². The summed E-state index contributed by atoms with van der Waals surface area (Å²) in [7, 11) is 1.34. The van der Waals surface area contributed by atoms with Crippen molar-refractivity contribution < 1.29 is 14.3 Å². The largest absolute Gasteiger partial charge is 0.469 e. The van der Waals surface area contributed by atoms with Gasteiger partial charge in [-0.1, -0.05) is 18.7 Å². The molecule has 1 heterocycles. The van der Waals surface area contributed by atoms with Gasteiger partial charge in [-0.3, -0.25) is 9.59 Å². The van der Waals surface area contributed by atoms with E-state index in [1.807, 2.05) is 19.9 Å². The number of nitrogens with zero attached hydrogens (tertiary/aromatic N) is 2. The minimum Gasteiger partial charge on any atom is -0.469 e. The van der Waals surface area contributed by atoms with Crippen molar-refractivity contribution in [2.45, 2.75) is 20.8 Å². The summed E-state index contributed by atoms with van der Waals surface area (Å²) >= 11 is 1.07. The summed E-state index contributed by atoms with van der Waals surface area (Å²) in [5.41, 5.74) is 1.60. The Bertz CT molecular complexity index is 428. The Kier molecular flexibility index (Phi) is 4.74. The van der Waals surface area contributed by atoms with Crippen LogP contribution in [0.25, 0.3) is 0 Å². The fraction of sp³-hybridized carbons (Fsp3) is 0.545. The summed E-state index contributed by atoms with van der Waals surface area (Å²) < 4.78 is 5.94. The molecule has 0 fully saturated rings. The predicted octanol–water partition coefficient (Wildman–Crippen LogP) is 2.01. The molecule has 0 aliphatic heterocycles. The highest BCUT2D eigenvalue weighted by Crippen LogP contribution is 2.14. The summed E-state index contributed by atoms with van der Waals surface area (Å²) in [5.74, 6) is -0.214. The SMILES string of the molecule is COC(=O)C(C)CSC(=O)n1nc(C)cc1C. The third-order valence-electron chi connectivity index (χ3n) is 2.24. The average Bonchev–Trinajstić information content (AvgIpc) is 2.63. The molecule has 0 bridgehead atoms. The highest BCUT2D eigenvalue weighted by molar-refractivity contribution is 8.13. The van der Waals surface area contributed by atoms with Crippen molar-refractivity contribution in [3.8, 4) is 0 Å². The molecule has 1 aromatic heterocycles. The van der Waals surface area contributed by atoms with Gasteiger partial charge in [0.25, 0.3) is 0 Å². The van der Waals surface area contributed by atoms with Gasteiger partial charge in [0.1, 0.15) is 0 Å². The number of carbonyl (C=O) groups excluding carboxylic acids is 2. The average molecular weight is 256 g/mol. The summed E-state index contributed by atoms with van der Waals surface area (Å²) in [6, 6.07) is 1.84. The van der Waals surface area contributed by atoms with E-state index in [0.717, 1.165) is 23.1 Å². The molecule has 0 saturated carbocycles. The lowest BCUT2D eigenvalue weighted by Gasteiger charge is -2.08. The number of methoxy groups -OCH3 is 1. The van der Waals surface area contributed by atoms with Crippen molar-refractivity contribution in [3.63, 3.8) is 0 Å². The maximum Gasteiger partial charge on any atom is 0.309 e. The van der Waals surface area contributed by atoms with Crippen LogP contribution in [0.2, 0.25) is 0 Å². The Labute approximate surface area is 105 Å². The van der Waals surface area contributed by atoms with E-state index in [1.54, 1.807) is 6.92 Å². The molecule has 0 aromatic carbocycles. The van der Waals surface area contributed by atoms with E-state index >= 15 is 0 Å². The van der Waals surface area contributed by atoms with Crippen LogP contribution < -0.4 is 0 Å². The molecule has 0 radical (unpaired) electrons. The molecule has 0 amide bonds. The molecule has 1 atom stereocenters. The predicted molar refractivity (Wildman–Crippen MR) is 66.1 cm³/mol. The monoisotopic (exact) mass is 256 g/mol. The normalized spacial score (nSPS) is 12.2. The van der Waals surface area contributed by atoms with Crippen molar-refractivity contribution >= 4 is 23.0 Å². The van der Waals surface area contributed by atoms with E-state index in [1.165, 1.54) is 11.8 Å². The number of ether oxygens (including phenoxy) is 1. The van der Waals surface area contributed by atoms with Gasteiger partial charge in [0, 0.05) is 11.4 Å². The molecule has 0 N–H and O–H groups in total. The summed E-state index contributed by atoms with van der Waals surface area (Å²) in [4.78, 5) is 23.0. The van der Waals surface area contributed by atoms with Crippen molar-refractivity contribution in [1.29, 1.82) is 0 Å². The van der Waals surface area contributed by atoms with Crippen LogP contribution >= 0.6 is 11.8 Å². The molecule has 6 heteroatoms. The van der Waals surface area contributed by atoms with E-state index in [2.05, 4.69) is 9.84 Å². The van der Waals surface area contributed by atoms with Gasteiger partial charge in [0.05, 0.1) is 18.7 Å². The van der Waals surface area contributed by atoms with Crippen molar-refractivity contribution in [2.24, 2.45) is 5.92 Å². The zero-order chi connectivity index (χ0) is 13.0. The molecule has 94 valence electrons. The molecule has 1 rings (SSSR count). The number of aryl methyl sites for hydroxylation is 2. The smallest absolute Gasteiger partial charge is 0.309 e. The number of hydrogen-bond acceptors (Lipinski definition) is 5. The van der Waals surface area contributed by atoms with E-state index in [4.69, 9.17) is 0 Å². The molecule has 0 spiro atoms. The van der Waals surface area contributed by atoms with Crippen molar-refractivity contribution in [3.05, 3.63) is 17.5 Å². The summed E-state index contributed by atoms with van der Waals surface area (Å²) in [6.45, 7) is 5.38. The fourth-order valence-corrected chi connectivity index (χ4v) is 2.18. The second-order valence-electron chi connectivity index (χ2n) is 3.84. The minimum absolute atomic E-state index is 0.175. The molecule has 1 aromatic rings. The second kappa shape index (κ2) is 5.86. The Morgan fingerprint density at radius 2 is 2.18 bits per heavy atom. The summed E-state index contributed by atoms with van der Waals surface area (Å²) in [5, 5.41) is 3.91. The Hall–Kier alpha value is -1.30. The highest BCUT2D eigenvalue weighted by Gasteiger charge is 2.17. The van der Waals surface area contributed by atoms with Crippen LogP contribution in [-0.2, 0) is 9.53 Å². The first kappa shape index (κ1) is 13.8. The molecule has 5 nitrogen and oxygen atoms in total. The van der Waals surface area contributed by atoms with Gasteiger partial charge in [0.2, 0.25) is 0 Å². The molecule has 0 saturated heterocycles. The lowest BCUT2D eigenvalue weighted by molar-refractivity contribution is -0.143. The number of carbonyl (C=O) groups is 2. The topological polar surface area (TPSA) is 61.2 Å². The van der Waals surface area contributed by atoms with Gasteiger partial charge < -0.3 is 4.74 Å². The van der Waals surface area contributed by atoms with E-state index < -0.39 is 0 Å². The molecular weight excluding hydrogens is 240 g/mol. The highest BCUT2D eigenvalue weighted by atomic mass is 32.2. The van der Waals surface area contributed by atoms with E-state index in [9.17, 15) is 9.59 Å². The first-order chi connectivity index (χ1) is 7.95. The Balaban J connectivity index is 2.56. The van der Waals surface area contributed by atoms with Crippen molar-refractivity contribution in [2.75, 3.05) is 12.9 Å². The van der Waals surface area contributed by atoms with Crippen molar-refractivity contribution in [1.82, 2.24) is 9.78 Å². The zero-order valence-electron chi connectivity index (χ0n) is 10.4. The summed E-state index contributed by atoms with van der Waals surface area (Å²) in [6.07, 6.45) is 0. The second-order valence-corrected chi connectivity index (χ2v) is 4.81. The first-order valence-electron chi connectivity index (χ1n) is 5.24.